The van der Waals surface area contributed by atoms with E-state index in [1.54, 1.807) is 0 Å². The molecule has 0 aliphatic heterocycles. The van der Waals surface area contributed by atoms with E-state index in [-0.39, 0.29) is 11.1 Å². The lowest BCUT2D eigenvalue weighted by molar-refractivity contribution is 0.153. The average Bonchev–Trinajstić information content (AvgIpc) is 2.64. The Hall–Kier alpha value is -1.65. The summed E-state index contributed by atoms with van der Waals surface area (Å²) >= 11 is 0. The summed E-state index contributed by atoms with van der Waals surface area (Å²) in [6.45, 7) is 0. The fraction of sp³-hybridized carbons (Fsp3) is 0.222. The van der Waals surface area contributed by atoms with Crippen molar-refractivity contribution >= 4 is 11.0 Å². The Morgan fingerprint density at radius 1 is 1.43 bits per heavy atom. The van der Waals surface area contributed by atoms with Crippen LogP contribution in [0.3, 0.4) is 0 Å². The van der Waals surface area contributed by atoms with Gasteiger partial charge in [-0.2, -0.15) is 0 Å². The van der Waals surface area contributed by atoms with E-state index in [0.717, 1.165) is 0 Å². The van der Waals surface area contributed by atoms with Gasteiger partial charge < -0.3 is 9.72 Å². The highest BCUT2D eigenvalue weighted by Crippen LogP contribution is 2.30. The first-order valence-corrected chi connectivity index (χ1v) is 4.02. The number of halogens is 2. The second-order valence-corrected chi connectivity index (χ2v) is 2.78. The number of aromatic nitrogens is 2. The largest absolute Gasteiger partial charge is 0.494 e. The fourth-order valence-corrected chi connectivity index (χ4v) is 1.37. The number of H-pyrrole nitrogens is 1. The molecule has 0 aliphatic carbocycles. The van der Waals surface area contributed by atoms with Crippen molar-refractivity contribution in [3.05, 3.63) is 24.0 Å². The molecule has 0 unspecified atom stereocenters. The summed E-state index contributed by atoms with van der Waals surface area (Å²) in [7, 11) is 1.48. The number of rotatable bonds is 2. The highest BCUT2D eigenvalue weighted by Gasteiger charge is 2.15. The van der Waals surface area contributed by atoms with Crippen LogP contribution in [-0.4, -0.2) is 17.1 Å². The molecule has 0 aliphatic rings. The summed E-state index contributed by atoms with van der Waals surface area (Å²) in [5, 5.41) is 0. The molecule has 5 heteroatoms. The number of hydrogen-bond acceptors (Lipinski definition) is 2. The third-order valence-electron chi connectivity index (χ3n) is 2.03. The first-order chi connectivity index (χ1) is 6.74. The van der Waals surface area contributed by atoms with Crippen molar-refractivity contribution in [2.75, 3.05) is 7.11 Å². The first-order valence-electron chi connectivity index (χ1n) is 4.02. The minimum Gasteiger partial charge on any atom is -0.494 e. The van der Waals surface area contributed by atoms with Crippen LogP contribution in [0.5, 0.6) is 5.75 Å². The van der Waals surface area contributed by atoms with Crippen LogP contribution in [0.1, 0.15) is 12.0 Å². The highest BCUT2D eigenvalue weighted by molar-refractivity contribution is 5.84. The molecule has 1 heterocycles. The SMILES string of the molecule is COc1ccc(C(F)F)c2nc[nH]c12. The van der Waals surface area contributed by atoms with Gasteiger partial charge in [-0.1, -0.05) is 0 Å². The topological polar surface area (TPSA) is 37.9 Å². The van der Waals surface area contributed by atoms with Crippen LogP contribution >= 0.6 is 0 Å². The van der Waals surface area contributed by atoms with Crippen molar-refractivity contribution in [3.8, 4) is 5.75 Å². The van der Waals surface area contributed by atoms with Gasteiger partial charge in [-0.3, -0.25) is 0 Å². The molecule has 0 amide bonds. The molecule has 1 aromatic heterocycles. The Morgan fingerprint density at radius 3 is 2.86 bits per heavy atom. The van der Waals surface area contributed by atoms with E-state index in [1.807, 2.05) is 0 Å². The summed E-state index contributed by atoms with van der Waals surface area (Å²) in [4.78, 5) is 6.60. The lowest BCUT2D eigenvalue weighted by atomic mass is 10.2. The second kappa shape index (κ2) is 3.25. The predicted molar refractivity (Wildman–Crippen MR) is 47.6 cm³/mol. The van der Waals surface area contributed by atoms with Gasteiger partial charge in [0.25, 0.3) is 6.43 Å². The smallest absolute Gasteiger partial charge is 0.266 e. The molecule has 74 valence electrons. The molecule has 2 rings (SSSR count). The molecule has 0 fully saturated rings. The fourth-order valence-electron chi connectivity index (χ4n) is 1.37. The maximum absolute atomic E-state index is 12.5. The van der Waals surface area contributed by atoms with E-state index >= 15 is 0 Å². The van der Waals surface area contributed by atoms with Gasteiger partial charge in [0.15, 0.2) is 0 Å². The number of benzene rings is 1. The van der Waals surface area contributed by atoms with E-state index in [4.69, 9.17) is 4.74 Å². The van der Waals surface area contributed by atoms with Crippen molar-refractivity contribution in [3.63, 3.8) is 0 Å². The summed E-state index contributed by atoms with van der Waals surface area (Å²) < 4.78 is 30.0. The van der Waals surface area contributed by atoms with Gasteiger partial charge in [0, 0.05) is 5.56 Å². The van der Waals surface area contributed by atoms with Crippen molar-refractivity contribution < 1.29 is 13.5 Å². The number of alkyl halides is 2. The van der Waals surface area contributed by atoms with Gasteiger partial charge in [0.1, 0.15) is 16.8 Å². The molecule has 0 radical (unpaired) electrons. The zero-order valence-corrected chi connectivity index (χ0v) is 7.42. The summed E-state index contributed by atoms with van der Waals surface area (Å²) in [6.07, 6.45) is -1.15. The van der Waals surface area contributed by atoms with E-state index < -0.39 is 6.43 Å². The monoisotopic (exact) mass is 198 g/mol. The molecule has 0 atom stereocenters. The summed E-state index contributed by atoms with van der Waals surface area (Å²) in [5.41, 5.74) is 0.687. The molecular weight excluding hydrogens is 190 g/mol. The number of imidazole rings is 1. The van der Waals surface area contributed by atoms with Gasteiger partial charge in [-0.15, -0.1) is 0 Å². The van der Waals surface area contributed by atoms with Crippen LogP contribution < -0.4 is 4.74 Å². The molecule has 0 spiro atoms. The molecule has 1 aromatic carbocycles. The zero-order valence-electron chi connectivity index (χ0n) is 7.42. The standard InChI is InChI=1S/C9H8F2N2O/c1-14-6-3-2-5(9(10)11)7-8(6)13-4-12-7/h2-4,9H,1H3,(H,12,13). The van der Waals surface area contributed by atoms with Gasteiger partial charge >= 0.3 is 0 Å². The van der Waals surface area contributed by atoms with Gasteiger partial charge in [0.05, 0.1) is 13.4 Å². The van der Waals surface area contributed by atoms with Crippen molar-refractivity contribution in [1.82, 2.24) is 9.97 Å². The molecule has 0 saturated carbocycles. The van der Waals surface area contributed by atoms with E-state index in [9.17, 15) is 8.78 Å². The number of ether oxygens (including phenoxy) is 1. The maximum atomic E-state index is 12.5. The number of hydrogen-bond donors (Lipinski definition) is 1. The van der Waals surface area contributed by atoms with E-state index in [2.05, 4.69) is 9.97 Å². The van der Waals surface area contributed by atoms with Crippen LogP contribution in [-0.2, 0) is 0 Å². The minimum atomic E-state index is -2.52. The highest BCUT2D eigenvalue weighted by atomic mass is 19.3. The van der Waals surface area contributed by atoms with Gasteiger partial charge in [0.2, 0.25) is 0 Å². The van der Waals surface area contributed by atoms with Gasteiger partial charge in [-0.05, 0) is 12.1 Å². The Balaban J connectivity index is 2.72. The predicted octanol–water partition coefficient (Wildman–Crippen LogP) is 2.51. The Morgan fingerprint density at radius 2 is 2.21 bits per heavy atom. The number of nitrogens with one attached hydrogen (secondary N) is 1. The molecule has 1 N–H and O–H groups in total. The van der Waals surface area contributed by atoms with Crippen LogP contribution in [0.4, 0.5) is 8.78 Å². The Labute approximate surface area is 78.7 Å². The minimum absolute atomic E-state index is 0.0814. The third kappa shape index (κ3) is 1.21. The van der Waals surface area contributed by atoms with Gasteiger partial charge in [-0.25, -0.2) is 13.8 Å². The van der Waals surface area contributed by atoms with Crippen molar-refractivity contribution in [1.29, 1.82) is 0 Å². The molecule has 0 saturated heterocycles. The lowest BCUT2D eigenvalue weighted by Gasteiger charge is -2.04. The lowest BCUT2D eigenvalue weighted by Crippen LogP contribution is -1.90. The normalized spacial score (nSPS) is 11.1. The zero-order chi connectivity index (χ0) is 10.1. The van der Waals surface area contributed by atoms with E-state index in [0.29, 0.717) is 11.3 Å². The van der Waals surface area contributed by atoms with E-state index in [1.165, 1.54) is 25.6 Å². The number of aromatic amines is 1. The Kier molecular flexibility index (Phi) is 2.07. The van der Waals surface area contributed by atoms with Crippen LogP contribution in [0.15, 0.2) is 18.5 Å². The van der Waals surface area contributed by atoms with Crippen molar-refractivity contribution in [2.24, 2.45) is 0 Å². The molecule has 3 nitrogen and oxygen atoms in total. The molecule has 0 bridgehead atoms. The van der Waals surface area contributed by atoms with Crippen LogP contribution in [0, 0.1) is 0 Å². The maximum Gasteiger partial charge on any atom is 0.266 e. The summed E-state index contributed by atoms with van der Waals surface area (Å²) in [5.74, 6) is 0.516. The molecule has 2 aromatic rings. The second-order valence-electron chi connectivity index (χ2n) is 2.78. The number of nitrogens with zero attached hydrogens (tertiary/aromatic N) is 1. The molecular formula is C9H8F2N2O. The van der Waals surface area contributed by atoms with Crippen LogP contribution in [0.25, 0.3) is 11.0 Å². The summed E-state index contributed by atoms with van der Waals surface area (Å²) in [6, 6.07) is 2.83. The third-order valence-corrected chi connectivity index (χ3v) is 2.03. The number of fused-ring (bicyclic) bond motifs is 1. The van der Waals surface area contributed by atoms with Crippen LogP contribution in [0.2, 0.25) is 0 Å². The number of methoxy groups -OCH3 is 1. The average molecular weight is 198 g/mol. The Bertz CT molecular complexity index is 453. The quantitative estimate of drug-likeness (QED) is 0.805. The first kappa shape index (κ1) is 8.93. The van der Waals surface area contributed by atoms with Crippen molar-refractivity contribution in [2.45, 2.75) is 6.43 Å². The molecule has 14 heavy (non-hydrogen) atoms.